The number of aromatic nitrogens is 2. The number of benzene rings is 1. The van der Waals surface area contributed by atoms with E-state index >= 15 is 0 Å². The van der Waals surface area contributed by atoms with E-state index in [1.165, 1.54) is 0 Å². The highest BCUT2D eigenvalue weighted by Crippen LogP contribution is 2.23. The van der Waals surface area contributed by atoms with Gasteiger partial charge in [0.2, 0.25) is 5.89 Å². The van der Waals surface area contributed by atoms with Crippen LogP contribution in [0.4, 0.5) is 4.39 Å². The number of rotatable bonds is 8. The van der Waals surface area contributed by atoms with Gasteiger partial charge in [0.15, 0.2) is 5.82 Å². The topological polar surface area (TPSA) is 54.6 Å². The lowest BCUT2D eigenvalue weighted by Gasteiger charge is -2.35. The van der Waals surface area contributed by atoms with E-state index in [0.29, 0.717) is 31.0 Å². The maximum Gasteiger partial charge on any atom is 0.223 e. The number of likely N-dealkylation sites (tertiary alicyclic amines) is 1. The van der Waals surface area contributed by atoms with Gasteiger partial charge >= 0.3 is 0 Å². The molecule has 0 amide bonds. The molecule has 7 heteroatoms. The van der Waals surface area contributed by atoms with Crippen molar-refractivity contribution in [2.75, 3.05) is 32.8 Å². The van der Waals surface area contributed by atoms with Crippen LogP contribution in [-0.2, 0) is 17.8 Å². The van der Waals surface area contributed by atoms with Crippen LogP contribution in [0.1, 0.15) is 43.0 Å². The summed E-state index contributed by atoms with van der Waals surface area (Å²) in [4.78, 5) is 9.17. The third-order valence-electron chi connectivity index (χ3n) is 6.00. The molecule has 158 valence electrons. The Morgan fingerprint density at radius 3 is 2.69 bits per heavy atom. The summed E-state index contributed by atoms with van der Waals surface area (Å²) < 4.78 is 24.9. The van der Waals surface area contributed by atoms with E-state index in [1.807, 2.05) is 19.1 Å². The molecule has 6 nitrogen and oxygen atoms in total. The molecule has 29 heavy (non-hydrogen) atoms. The normalized spacial score (nSPS) is 21.3. The Balaban J connectivity index is 1.30. The minimum Gasteiger partial charge on any atom is -0.377 e. The largest absolute Gasteiger partial charge is 0.377 e. The molecule has 2 fully saturated rings. The predicted octanol–water partition coefficient (Wildman–Crippen LogP) is 3.41. The summed E-state index contributed by atoms with van der Waals surface area (Å²) in [5.41, 5.74) is 0.790. The van der Waals surface area contributed by atoms with E-state index < -0.39 is 0 Å². The van der Waals surface area contributed by atoms with Crippen molar-refractivity contribution in [3.8, 4) is 0 Å². The van der Waals surface area contributed by atoms with Crippen molar-refractivity contribution in [2.45, 2.75) is 51.8 Å². The maximum absolute atomic E-state index is 13.9. The molecule has 1 atom stereocenters. The van der Waals surface area contributed by atoms with Crippen molar-refractivity contribution in [1.82, 2.24) is 19.9 Å². The zero-order valence-corrected chi connectivity index (χ0v) is 17.2. The van der Waals surface area contributed by atoms with Crippen LogP contribution in [0.25, 0.3) is 0 Å². The highest BCUT2D eigenvalue weighted by Gasteiger charge is 2.26. The van der Waals surface area contributed by atoms with Crippen LogP contribution in [0.5, 0.6) is 0 Å². The fourth-order valence-electron chi connectivity index (χ4n) is 4.45. The molecule has 4 rings (SSSR count). The Morgan fingerprint density at radius 1 is 1.17 bits per heavy atom. The number of ether oxygens (including phenoxy) is 1. The maximum atomic E-state index is 13.9. The van der Waals surface area contributed by atoms with Gasteiger partial charge in [-0.2, -0.15) is 4.98 Å². The minimum absolute atomic E-state index is 0.104. The molecule has 2 aromatic rings. The highest BCUT2D eigenvalue weighted by molar-refractivity contribution is 5.17. The molecule has 1 aromatic carbocycles. The van der Waals surface area contributed by atoms with Crippen molar-refractivity contribution in [3.05, 3.63) is 47.4 Å². The van der Waals surface area contributed by atoms with Crippen molar-refractivity contribution in [1.29, 1.82) is 0 Å². The Hall–Kier alpha value is -1.83. The number of hydrogen-bond acceptors (Lipinski definition) is 6. The number of hydrogen-bond donors (Lipinski definition) is 0. The Kier molecular flexibility index (Phi) is 6.90. The van der Waals surface area contributed by atoms with Gasteiger partial charge in [0.25, 0.3) is 0 Å². The molecule has 0 unspecified atom stereocenters. The number of piperidine rings is 1. The summed E-state index contributed by atoms with van der Waals surface area (Å²) in [6, 6.07) is 7.09. The van der Waals surface area contributed by atoms with Crippen molar-refractivity contribution < 1.29 is 13.7 Å². The standard InChI is InChI=1S/C22H31FN4O2/c1-17-24-22(25-29-17)16-27(15-20-6-4-12-28-20)13-18-8-10-26(11-9-18)14-19-5-2-3-7-21(19)23/h2-3,5,7,18,20H,4,6,8-16H2,1H3/t20-/m0/s1. The smallest absolute Gasteiger partial charge is 0.223 e. The molecule has 1 aromatic heterocycles. The van der Waals surface area contributed by atoms with E-state index in [-0.39, 0.29) is 5.82 Å². The Morgan fingerprint density at radius 2 is 2.00 bits per heavy atom. The molecule has 0 radical (unpaired) electrons. The highest BCUT2D eigenvalue weighted by atomic mass is 19.1. The average molecular weight is 403 g/mol. The zero-order valence-electron chi connectivity index (χ0n) is 17.2. The summed E-state index contributed by atoms with van der Waals surface area (Å²) >= 11 is 0. The van der Waals surface area contributed by atoms with E-state index in [9.17, 15) is 4.39 Å². The molecule has 0 aliphatic carbocycles. The van der Waals surface area contributed by atoms with Gasteiger partial charge in [0, 0.05) is 38.7 Å². The lowest BCUT2D eigenvalue weighted by molar-refractivity contribution is 0.0557. The van der Waals surface area contributed by atoms with E-state index in [1.54, 1.807) is 12.1 Å². The third-order valence-corrected chi connectivity index (χ3v) is 6.00. The van der Waals surface area contributed by atoms with Crippen LogP contribution in [0.3, 0.4) is 0 Å². The van der Waals surface area contributed by atoms with Gasteiger partial charge in [-0.15, -0.1) is 0 Å². The second-order valence-corrected chi connectivity index (χ2v) is 8.37. The zero-order chi connectivity index (χ0) is 20.1. The van der Waals surface area contributed by atoms with Crippen LogP contribution in [-0.4, -0.2) is 58.8 Å². The quantitative estimate of drug-likeness (QED) is 0.675. The molecule has 0 spiro atoms. The van der Waals surface area contributed by atoms with E-state index in [2.05, 4.69) is 19.9 Å². The molecule has 0 bridgehead atoms. The number of aryl methyl sites for hydroxylation is 1. The molecule has 2 saturated heterocycles. The summed E-state index contributed by atoms with van der Waals surface area (Å²) in [7, 11) is 0. The van der Waals surface area contributed by atoms with Crippen LogP contribution in [0, 0.1) is 18.7 Å². The van der Waals surface area contributed by atoms with Crippen LogP contribution in [0.2, 0.25) is 0 Å². The van der Waals surface area contributed by atoms with E-state index in [4.69, 9.17) is 9.26 Å². The van der Waals surface area contributed by atoms with Crippen molar-refractivity contribution in [2.24, 2.45) is 5.92 Å². The van der Waals surface area contributed by atoms with Gasteiger partial charge in [-0.3, -0.25) is 9.80 Å². The Labute approximate surface area is 172 Å². The number of nitrogens with zero attached hydrogens (tertiary/aromatic N) is 4. The molecule has 0 saturated carbocycles. The minimum atomic E-state index is -0.104. The van der Waals surface area contributed by atoms with Gasteiger partial charge in [-0.25, -0.2) is 4.39 Å². The fourth-order valence-corrected chi connectivity index (χ4v) is 4.45. The first-order chi connectivity index (χ1) is 14.2. The van der Waals surface area contributed by atoms with Crippen LogP contribution >= 0.6 is 0 Å². The second-order valence-electron chi connectivity index (χ2n) is 8.37. The first-order valence-corrected chi connectivity index (χ1v) is 10.7. The first kappa shape index (κ1) is 20.4. The first-order valence-electron chi connectivity index (χ1n) is 10.7. The summed E-state index contributed by atoms with van der Waals surface area (Å²) in [6.45, 7) is 8.04. The second kappa shape index (κ2) is 9.78. The summed E-state index contributed by atoms with van der Waals surface area (Å²) in [6.07, 6.45) is 4.84. The Bertz CT molecular complexity index is 770. The monoisotopic (exact) mass is 402 g/mol. The molecule has 2 aliphatic heterocycles. The lowest BCUT2D eigenvalue weighted by atomic mass is 9.95. The SMILES string of the molecule is Cc1nc(CN(CC2CCN(Cc3ccccc3F)CC2)C[C@@H]2CCCO2)no1. The van der Waals surface area contributed by atoms with E-state index in [0.717, 1.165) is 69.9 Å². The predicted molar refractivity (Wildman–Crippen MR) is 108 cm³/mol. The molecule has 0 N–H and O–H groups in total. The van der Waals surface area contributed by atoms with Gasteiger partial charge in [0.05, 0.1) is 12.6 Å². The fraction of sp³-hybridized carbons (Fsp3) is 0.636. The van der Waals surface area contributed by atoms with Crippen molar-refractivity contribution >= 4 is 0 Å². The van der Waals surface area contributed by atoms with Crippen LogP contribution < -0.4 is 0 Å². The van der Waals surface area contributed by atoms with Gasteiger partial charge in [-0.1, -0.05) is 23.4 Å². The molecular formula is C22H31FN4O2. The van der Waals surface area contributed by atoms with Gasteiger partial charge in [0.1, 0.15) is 5.82 Å². The van der Waals surface area contributed by atoms with Gasteiger partial charge in [-0.05, 0) is 50.8 Å². The van der Waals surface area contributed by atoms with Crippen LogP contribution in [0.15, 0.2) is 28.8 Å². The molecular weight excluding hydrogens is 371 g/mol. The average Bonchev–Trinajstić information content (AvgIpc) is 3.37. The summed E-state index contributed by atoms with van der Waals surface area (Å²) in [5, 5.41) is 4.08. The number of halogens is 1. The lowest BCUT2D eigenvalue weighted by Crippen LogP contribution is -2.40. The molecule has 3 heterocycles. The third kappa shape index (κ3) is 5.84. The summed E-state index contributed by atoms with van der Waals surface area (Å²) in [5.74, 6) is 1.88. The van der Waals surface area contributed by atoms with Crippen molar-refractivity contribution in [3.63, 3.8) is 0 Å². The van der Waals surface area contributed by atoms with Gasteiger partial charge < -0.3 is 9.26 Å². The molecule has 2 aliphatic rings.